The highest BCUT2D eigenvalue weighted by molar-refractivity contribution is 8.17. The topological polar surface area (TPSA) is 17.1 Å². The average molecular weight is 168 g/mol. The lowest BCUT2D eigenvalue weighted by atomic mass is 9.80. The summed E-state index contributed by atoms with van der Waals surface area (Å²) in [7, 11) is 0. The van der Waals surface area contributed by atoms with E-state index in [9.17, 15) is 4.79 Å². The van der Waals surface area contributed by atoms with E-state index in [0.29, 0.717) is 17.0 Å². The third-order valence-electron chi connectivity index (χ3n) is 2.71. The van der Waals surface area contributed by atoms with Crippen LogP contribution in [0.4, 0.5) is 0 Å². The molecule has 1 heterocycles. The predicted molar refractivity (Wildman–Crippen MR) is 47.2 cm³/mol. The van der Waals surface area contributed by atoms with Gasteiger partial charge in [0.05, 0.1) is 0 Å². The van der Waals surface area contributed by atoms with Crippen molar-refractivity contribution in [1.82, 2.24) is 0 Å². The van der Waals surface area contributed by atoms with Gasteiger partial charge in [-0.25, -0.2) is 0 Å². The molecule has 2 rings (SSSR count). The van der Waals surface area contributed by atoms with E-state index < -0.39 is 0 Å². The highest BCUT2D eigenvalue weighted by Crippen LogP contribution is 2.47. The maximum absolute atomic E-state index is 11.3. The van der Waals surface area contributed by atoms with Gasteiger partial charge in [-0.3, -0.25) is 4.79 Å². The summed E-state index contributed by atoms with van der Waals surface area (Å²) >= 11 is 1.39. The SMILES string of the molecule is C=C1SC(=O)[C@H]2CCCC[C@@H]12. The molecule has 1 saturated carbocycles. The molecule has 1 saturated heterocycles. The van der Waals surface area contributed by atoms with Gasteiger partial charge < -0.3 is 0 Å². The highest BCUT2D eigenvalue weighted by Gasteiger charge is 2.39. The Morgan fingerprint density at radius 3 is 2.55 bits per heavy atom. The first-order valence-corrected chi connectivity index (χ1v) is 5.01. The fourth-order valence-electron chi connectivity index (χ4n) is 2.08. The molecule has 0 unspecified atom stereocenters. The molecule has 1 nitrogen and oxygen atoms in total. The molecular formula is C9H12OS. The molecule has 2 atom stereocenters. The smallest absolute Gasteiger partial charge is 0.197 e. The van der Waals surface area contributed by atoms with Crippen LogP contribution in [-0.4, -0.2) is 5.12 Å². The Morgan fingerprint density at radius 1 is 1.27 bits per heavy atom. The Labute approximate surface area is 71.2 Å². The van der Waals surface area contributed by atoms with Crippen molar-refractivity contribution >= 4 is 16.9 Å². The molecule has 0 N–H and O–H groups in total. The number of allylic oxidation sites excluding steroid dienone is 1. The van der Waals surface area contributed by atoms with Gasteiger partial charge in [-0.2, -0.15) is 0 Å². The molecule has 0 aromatic heterocycles. The van der Waals surface area contributed by atoms with Crippen molar-refractivity contribution in [3.05, 3.63) is 11.5 Å². The molecule has 2 aliphatic rings. The van der Waals surface area contributed by atoms with E-state index in [1.54, 1.807) is 0 Å². The standard InChI is InChI=1S/C9H12OS/c1-6-7-4-2-3-5-8(7)9(10)11-6/h7-8H,1-5H2/t7-,8-/m0/s1. The molecule has 0 aromatic rings. The van der Waals surface area contributed by atoms with Crippen LogP contribution in [0.3, 0.4) is 0 Å². The van der Waals surface area contributed by atoms with Crippen LogP contribution in [0, 0.1) is 11.8 Å². The van der Waals surface area contributed by atoms with E-state index in [1.165, 1.54) is 31.0 Å². The third-order valence-corrected chi connectivity index (χ3v) is 3.78. The van der Waals surface area contributed by atoms with Gasteiger partial charge in [0.1, 0.15) is 0 Å². The van der Waals surface area contributed by atoms with Gasteiger partial charge in [0.15, 0.2) is 5.12 Å². The molecule has 1 aliphatic heterocycles. The molecule has 11 heavy (non-hydrogen) atoms. The Kier molecular flexibility index (Phi) is 1.80. The van der Waals surface area contributed by atoms with Crippen LogP contribution < -0.4 is 0 Å². The van der Waals surface area contributed by atoms with Crippen LogP contribution in [0.5, 0.6) is 0 Å². The molecular weight excluding hydrogens is 156 g/mol. The summed E-state index contributed by atoms with van der Waals surface area (Å²) in [6.07, 6.45) is 4.83. The quantitative estimate of drug-likeness (QED) is 0.553. The van der Waals surface area contributed by atoms with Crippen LogP contribution in [0.1, 0.15) is 25.7 Å². The normalized spacial score (nSPS) is 37.5. The Bertz CT molecular complexity index is 188. The second kappa shape index (κ2) is 2.67. The molecule has 60 valence electrons. The van der Waals surface area contributed by atoms with Crippen molar-refractivity contribution in [2.24, 2.45) is 11.8 Å². The van der Waals surface area contributed by atoms with Crippen LogP contribution in [0.15, 0.2) is 11.5 Å². The van der Waals surface area contributed by atoms with Crippen LogP contribution >= 0.6 is 11.8 Å². The lowest BCUT2D eigenvalue weighted by molar-refractivity contribution is -0.115. The predicted octanol–water partition coefficient (Wildman–Crippen LogP) is 2.58. The third kappa shape index (κ3) is 1.13. The number of thioether (sulfide) groups is 1. The van der Waals surface area contributed by atoms with E-state index >= 15 is 0 Å². The van der Waals surface area contributed by atoms with Crippen molar-refractivity contribution < 1.29 is 4.79 Å². The van der Waals surface area contributed by atoms with Crippen LogP contribution in [0.2, 0.25) is 0 Å². The summed E-state index contributed by atoms with van der Waals surface area (Å²) in [5, 5.41) is 0.375. The first-order valence-electron chi connectivity index (χ1n) is 4.19. The zero-order chi connectivity index (χ0) is 7.84. The first kappa shape index (κ1) is 7.41. The number of carbonyl (C=O) groups is 1. The number of carbonyl (C=O) groups excluding carboxylic acids is 1. The average Bonchev–Trinajstić information content (AvgIpc) is 2.30. The molecule has 1 aliphatic carbocycles. The van der Waals surface area contributed by atoms with Crippen molar-refractivity contribution in [1.29, 1.82) is 0 Å². The highest BCUT2D eigenvalue weighted by atomic mass is 32.2. The minimum Gasteiger partial charge on any atom is -0.287 e. The zero-order valence-electron chi connectivity index (χ0n) is 6.51. The lowest BCUT2D eigenvalue weighted by Crippen LogP contribution is -2.18. The van der Waals surface area contributed by atoms with E-state index in [4.69, 9.17) is 0 Å². The molecule has 0 amide bonds. The summed E-state index contributed by atoms with van der Waals surface area (Å²) in [4.78, 5) is 12.4. The van der Waals surface area contributed by atoms with Gasteiger partial charge in [-0.05, 0) is 17.7 Å². The molecule has 2 heteroatoms. The summed E-state index contributed by atoms with van der Waals surface area (Å²) in [6, 6.07) is 0. The van der Waals surface area contributed by atoms with Crippen molar-refractivity contribution in [2.75, 3.05) is 0 Å². The van der Waals surface area contributed by atoms with Gasteiger partial charge in [-0.1, -0.05) is 31.2 Å². The molecule has 0 spiro atoms. The largest absolute Gasteiger partial charge is 0.287 e. The number of hydrogen-bond donors (Lipinski definition) is 0. The molecule has 0 radical (unpaired) electrons. The Hall–Kier alpha value is -0.240. The molecule has 0 aromatic carbocycles. The second-order valence-electron chi connectivity index (χ2n) is 3.38. The number of hydrogen-bond acceptors (Lipinski definition) is 2. The minimum absolute atomic E-state index is 0.334. The summed E-state index contributed by atoms with van der Waals surface area (Å²) in [6.45, 7) is 3.93. The zero-order valence-corrected chi connectivity index (χ0v) is 7.32. The van der Waals surface area contributed by atoms with E-state index in [2.05, 4.69) is 6.58 Å². The minimum atomic E-state index is 0.334. The lowest BCUT2D eigenvalue weighted by Gasteiger charge is -2.22. The fourth-order valence-corrected chi connectivity index (χ4v) is 3.20. The van der Waals surface area contributed by atoms with Crippen LogP contribution in [-0.2, 0) is 4.79 Å². The Morgan fingerprint density at radius 2 is 1.91 bits per heavy atom. The molecule has 0 bridgehead atoms. The van der Waals surface area contributed by atoms with Crippen LogP contribution in [0.25, 0.3) is 0 Å². The van der Waals surface area contributed by atoms with Gasteiger partial charge in [0.2, 0.25) is 0 Å². The van der Waals surface area contributed by atoms with Crippen molar-refractivity contribution in [3.63, 3.8) is 0 Å². The number of fused-ring (bicyclic) bond motifs is 1. The Balaban J connectivity index is 2.19. The maximum atomic E-state index is 11.3. The maximum Gasteiger partial charge on any atom is 0.197 e. The molecule has 2 fully saturated rings. The fraction of sp³-hybridized carbons (Fsp3) is 0.667. The van der Waals surface area contributed by atoms with Gasteiger partial charge in [0.25, 0.3) is 0 Å². The monoisotopic (exact) mass is 168 g/mol. The summed E-state index contributed by atoms with van der Waals surface area (Å²) < 4.78 is 0. The van der Waals surface area contributed by atoms with Crippen molar-refractivity contribution in [3.8, 4) is 0 Å². The second-order valence-corrected chi connectivity index (χ2v) is 4.52. The van der Waals surface area contributed by atoms with E-state index in [0.717, 1.165) is 11.3 Å². The summed E-state index contributed by atoms with van der Waals surface area (Å²) in [5.41, 5.74) is 0. The summed E-state index contributed by atoms with van der Waals surface area (Å²) in [5.74, 6) is 0.863. The van der Waals surface area contributed by atoms with Gasteiger partial charge >= 0.3 is 0 Å². The van der Waals surface area contributed by atoms with Gasteiger partial charge in [0, 0.05) is 11.8 Å². The van der Waals surface area contributed by atoms with E-state index in [1.807, 2.05) is 0 Å². The van der Waals surface area contributed by atoms with Gasteiger partial charge in [-0.15, -0.1) is 0 Å². The van der Waals surface area contributed by atoms with Crippen molar-refractivity contribution in [2.45, 2.75) is 25.7 Å². The number of rotatable bonds is 0. The van der Waals surface area contributed by atoms with E-state index in [-0.39, 0.29) is 0 Å². The first-order chi connectivity index (χ1) is 5.29.